The minimum absolute atomic E-state index is 0.00607. The highest BCUT2D eigenvalue weighted by atomic mass is 35.5. The molecule has 1 amide bonds. The summed E-state index contributed by atoms with van der Waals surface area (Å²) in [5.41, 5.74) is -0.392. The highest BCUT2D eigenvalue weighted by molar-refractivity contribution is 6.31. The van der Waals surface area contributed by atoms with Crippen LogP contribution in [0.25, 0.3) is 0 Å². The average molecular weight is 274 g/mol. The van der Waals surface area contributed by atoms with E-state index in [1.807, 2.05) is 0 Å². The highest BCUT2D eigenvalue weighted by Crippen LogP contribution is 2.27. The van der Waals surface area contributed by atoms with Gasteiger partial charge in [0.25, 0.3) is 0 Å². The Kier molecular flexibility index (Phi) is 4.78. The molecule has 0 saturated heterocycles. The van der Waals surface area contributed by atoms with Crippen molar-refractivity contribution in [3.8, 4) is 0 Å². The third-order valence-electron chi connectivity index (χ3n) is 2.09. The van der Waals surface area contributed by atoms with Gasteiger partial charge in [0.05, 0.1) is 4.92 Å². The Bertz CT molecular complexity index is 466. The van der Waals surface area contributed by atoms with Crippen LogP contribution in [0.2, 0.25) is 5.15 Å². The molecule has 0 aliphatic heterocycles. The minimum Gasteiger partial charge on any atom is -0.364 e. The van der Waals surface area contributed by atoms with Gasteiger partial charge in [-0.3, -0.25) is 14.9 Å². The molecule has 98 valence electrons. The van der Waals surface area contributed by atoms with Crippen molar-refractivity contribution in [1.82, 2.24) is 14.9 Å². The van der Waals surface area contributed by atoms with E-state index < -0.39 is 10.6 Å². The summed E-state index contributed by atoms with van der Waals surface area (Å²) in [7, 11) is 3.26. The van der Waals surface area contributed by atoms with Gasteiger partial charge in [0.2, 0.25) is 16.9 Å². The fraction of sp³-hybridized carbons (Fsp3) is 0.444. The molecule has 0 bridgehead atoms. The lowest BCUT2D eigenvalue weighted by atomic mass is 10.3. The summed E-state index contributed by atoms with van der Waals surface area (Å²) in [5, 5.41) is 13.2. The molecule has 0 unspecified atom stereocenters. The number of carbonyl (C=O) groups excluding carboxylic acids is 1. The number of anilines is 1. The summed E-state index contributed by atoms with van der Waals surface area (Å²) in [6.07, 6.45) is 1.32. The van der Waals surface area contributed by atoms with Gasteiger partial charge in [-0.15, -0.1) is 0 Å². The van der Waals surface area contributed by atoms with E-state index in [4.69, 9.17) is 11.6 Å². The first-order chi connectivity index (χ1) is 8.43. The molecule has 0 fully saturated rings. The van der Waals surface area contributed by atoms with Gasteiger partial charge >= 0.3 is 5.69 Å². The van der Waals surface area contributed by atoms with Gasteiger partial charge in [0, 0.05) is 27.1 Å². The number of hydrogen-bond donors (Lipinski definition) is 1. The first kappa shape index (κ1) is 14.1. The molecule has 18 heavy (non-hydrogen) atoms. The third-order valence-corrected chi connectivity index (χ3v) is 2.37. The molecule has 0 aliphatic carbocycles. The van der Waals surface area contributed by atoms with E-state index in [1.165, 1.54) is 4.90 Å². The van der Waals surface area contributed by atoms with Crippen LogP contribution in [-0.4, -0.2) is 46.3 Å². The molecule has 0 aromatic carbocycles. The van der Waals surface area contributed by atoms with Gasteiger partial charge in [0.15, 0.2) is 0 Å². The first-order valence-corrected chi connectivity index (χ1v) is 5.40. The van der Waals surface area contributed by atoms with Gasteiger partial charge in [0.1, 0.15) is 6.33 Å². The van der Waals surface area contributed by atoms with Crippen molar-refractivity contribution in [2.24, 2.45) is 0 Å². The summed E-state index contributed by atoms with van der Waals surface area (Å²) >= 11 is 5.61. The average Bonchev–Trinajstić information content (AvgIpc) is 2.28. The van der Waals surface area contributed by atoms with Crippen LogP contribution in [0.4, 0.5) is 11.5 Å². The molecule has 0 radical (unpaired) electrons. The zero-order valence-electron chi connectivity index (χ0n) is 9.88. The summed E-state index contributed by atoms with van der Waals surface area (Å²) in [6.45, 7) is 0.227. The topological polar surface area (TPSA) is 101 Å². The van der Waals surface area contributed by atoms with Crippen LogP contribution >= 0.6 is 11.6 Å². The van der Waals surface area contributed by atoms with E-state index in [9.17, 15) is 14.9 Å². The molecule has 0 spiro atoms. The predicted molar refractivity (Wildman–Crippen MR) is 65.5 cm³/mol. The van der Waals surface area contributed by atoms with E-state index in [2.05, 4.69) is 15.3 Å². The molecule has 0 saturated carbocycles. The lowest BCUT2D eigenvalue weighted by Crippen LogP contribution is -2.24. The predicted octanol–water partition coefficient (Wildman–Crippen LogP) is 0.928. The standard InChI is InChI=1S/C9H12ClN5O3/c1-14(2)6(16)3-4-11-9-7(15(17)18)8(10)12-5-13-9/h5H,3-4H2,1-2H3,(H,11,12,13). The lowest BCUT2D eigenvalue weighted by Gasteiger charge is -2.10. The van der Waals surface area contributed by atoms with Gasteiger partial charge < -0.3 is 10.2 Å². The summed E-state index contributed by atoms with van der Waals surface area (Å²) in [4.78, 5) is 30.1. The maximum absolute atomic E-state index is 11.3. The van der Waals surface area contributed by atoms with E-state index in [0.717, 1.165) is 6.33 Å². The van der Waals surface area contributed by atoms with E-state index in [-0.39, 0.29) is 29.8 Å². The second-order valence-electron chi connectivity index (χ2n) is 3.58. The largest absolute Gasteiger partial charge is 0.364 e. The van der Waals surface area contributed by atoms with Crippen molar-refractivity contribution in [3.63, 3.8) is 0 Å². The molecule has 1 aromatic heterocycles. The number of nitrogens with one attached hydrogen (secondary N) is 1. The number of rotatable bonds is 5. The van der Waals surface area contributed by atoms with Crippen molar-refractivity contribution >= 4 is 29.0 Å². The summed E-state index contributed by atoms with van der Waals surface area (Å²) < 4.78 is 0. The van der Waals surface area contributed by atoms with Crippen molar-refractivity contribution in [1.29, 1.82) is 0 Å². The fourth-order valence-corrected chi connectivity index (χ4v) is 1.36. The Morgan fingerprint density at radius 3 is 2.78 bits per heavy atom. The minimum atomic E-state index is -0.668. The Labute approximate surface area is 108 Å². The van der Waals surface area contributed by atoms with Crippen LogP contribution < -0.4 is 5.32 Å². The molecule has 1 N–H and O–H groups in total. The molecule has 1 aromatic rings. The van der Waals surface area contributed by atoms with Crippen LogP contribution in [0.1, 0.15) is 6.42 Å². The molecule has 8 nitrogen and oxygen atoms in total. The Morgan fingerprint density at radius 1 is 1.56 bits per heavy atom. The van der Waals surface area contributed by atoms with Gasteiger partial charge in [-0.1, -0.05) is 11.6 Å². The maximum Gasteiger partial charge on any atom is 0.348 e. The second-order valence-corrected chi connectivity index (χ2v) is 3.94. The van der Waals surface area contributed by atoms with Gasteiger partial charge in [-0.25, -0.2) is 9.97 Å². The van der Waals surface area contributed by atoms with Crippen molar-refractivity contribution < 1.29 is 9.72 Å². The normalized spacial score (nSPS) is 9.94. The molecule has 1 heterocycles. The number of nitro groups is 1. The molecule has 0 atom stereocenters. The molecule has 9 heteroatoms. The SMILES string of the molecule is CN(C)C(=O)CCNc1ncnc(Cl)c1[N+](=O)[O-]. The summed E-state index contributed by atoms with van der Waals surface area (Å²) in [6, 6.07) is 0. The second kappa shape index (κ2) is 6.10. The van der Waals surface area contributed by atoms with Gasteiger partial charge in [-0.2, -0.15) is 0 Å². The lowest BCUT2D eigenvalue weighted by molar-refractivity contribution is -0.384. The Hall–Kier alpha value is -1.96. The monoisotopic (exact) mass is 273 g/mol. The van der Waals surface area contributed by atoms with Crippen LogP contribution in [0, 0.1) is 10.1 Å². The van der Waals surface area contributed by atoms with Crippen LogP contribution in [0.15, 0.2) is 6.33 Å². The van der Waals surface area contributed by atoms with E-state index in [1.54, 1.807) is 14.1 Å². The zero-order valence-corrected chi connectivity index (χ0v) is 10.6. The first-order valence-electron chi connectivity index (χ1n) is 5.02. The molecular weight excluding hydrogens is 262 g/mol. The zero-order chi connectivity index (χ0) is 13.7. The number of hydrogen-bond acceptors (Lipinski definition) is 6. The Balaban J connectivity index is 2.71. The quantitative estimate of drug-likeness (QED) is 0.486. The maximum atomic E-state index is 11.3. The van der Waals surface area contributed by atoms with Crippen molar-refractivity contribution in [3.05, 3.63) is 21.6 Å². The van der Waals surface area contributed by atoms with Crippen LogP contribution in [-0.2, 0) is 4.79 Å². The number of nitrogens with zero attached hydrogens (tertiary/aromatic N) is 4. The molecule has 0 aliphatic rings. The molecular formula is C9H12ClN5O3. The highest BCUT2D eigenvalue weighted by Gasteiger charge is 2.21. The molecule has 1 rings (SSSR count). The number of carbonyl (C=O) groups is 1. The van der Waals surface area contributed by atoms with Crippen LogP contribution in [0.3, 0.4) is 0 Å². The third kappa shape index (κ3) is 3.52. The summed E-state index contributed by atoms with van der Waals surface area (Å²) in [5.74, 6) is -0.0862. The number of amides is 1. The van der Waals surface area contributed by atoms with Crippen molar-refractivity contribution in [2.45, 2.75) is 6.42 Å². The van der Waals surface area contributed by atoms with Crippen LogP contribution in [0.5, 0.6) is 0 Å². The van der Waals surface area contributed by atoms with E-state index >= 15 is 0 Å². The smallest absolute Gasteiger partial charge is 0.348 e. The van der Waals surface area contributed by atoms with Gasteiger partial charge in [-0.05, 0) is 0 Å². The Morgan fingerprint density at radius 2 is 2.22 bits per heavy atom. The number of halogens is 1. The van der Waals surface area contributed by atoms with E-state index in [0.29, 0.717) is 0 Å². The van der Waals surface area contributed by atoms with Crippen molar-refractivity contribution in [2.75, 3.05) is 26.0 Å². The fourth-order valence-electron chi connectivity index (χ4n) is 1.16. The number of aromatic nitrogens is 2.